The van der Waals surface area contributed by atoms with Crippen LogP contribution in [0.5, 0.6) is 0 Å². The van der Waals surface area contributed by atoms with Gasteiger partial charge in [-0.25, -0.2) is 0 Å². The van der Waals surface area contributed by atoms with Crippen LogP contribution < -0.4 is 0 Å². The van der Waals surface area contributed by atoms with Crippen LogP contribution in [0.25, 0.3) is 0 Å². The molecule has 12 heavy (non-hydrogen) atoms. The second-order valence-corrected chi connectivity index (χ2v) is 9.38. The third-order valence-corrected chi connectivity index (χ3v) is 5.05. The minimum atomic E-state index is -1.25. The van der Waals surface area contributed by atoms with E-state index in [1.54, 1.807) is 0 Å². The monoisotopic (exact) mass is 183 g/mol. The lowest BCUT2D eigenvalue weighted by Gasteiger charge is -2.42. The Morgan fingerprint density at radius 2 is 1.50 bits per heavy atom. The number of rotatable bonds is 4. The predicted molar refractivity (Wildman–Crippen MR) is 59.9 cm³/mol. The molecule has 0 radical (unpaired) electrons. The van der Waals surface area contributed by atoms with Gasteiger partial charge >= 0.3 is 0 Å². The van der Waals surface area contributed by atoms with Crippen molar-refractivity contribution in [1.29, 1.82) is 0 Å². The smallest absolute Gasteiger partial charge is 0.120 e. The molecule has 0 saturated carbocycles. The van der Waals surface area contributed by atoms with Crippen molar-refractivity contribution in [2.24, 2.45) is 0 Å². The van der Waals surface area contributed by atoms with Crippen molar-refractivity contribution in [3.8, 4) is 0 Å². The summed E-state index contributed by atoms with van der Waals surface area (Å²) in [6.07, 6.45) is 3.91. The minimum absolute atomic E-state index is 0.0511. The highest BCUT2D eigenvalue weighted by Crippen LogP contribution is 2.22. The van der Waals surface area contributed by atoms with Gasteiger partial charge in [0, 0.05) is 5.54 Å². The number of hydrogen-bond acceptors (Lipinski definition) is 1. The molecule has 0 heterocycles. The molecule has 0 aromatic carbocycles. The standard InChI is InChI=1S/C10H21NSi/c1-8-10(3,9-2)11(4)12(5,6)7/h8-9H,1-2H2,3-7H3. The Morgan fingerprint density at radius 1 is 1.17 bits per heavy atom. The topological polar surface area (TPSA) is 3.24 Å². The van der Waals surface area contributed by atoms with Crippen molar-refractivity contribution >= 4 is 8.24 Å². The number of nitrogens with zero attached hydrogens (tertiary/aromatic N) is 1. The predicted octanol–water partition coefficient (Wildman–Crippen LogP) is 2.88. The largest absolute Gasteiger partial charge is 0.315 e. The maximum absolute atomic E-state index is 3.85. The first kappa shape index (κ1) is 11.7. The van der Waals surface area contributed by atoms with E-state index in [1.165, 1.54) is 0 Å². The van der Waals surface area contributed by atoms with E-state index in [4.69, 9.17) is 0 Å². The van der Waals surface area contributed by atoms with Crippen molar-refractivity contribution < 1.29 is 0 Å². The van der Waals surface area contributed by atoms with Crippen molar-refractivity contribution in [2.45, 2.75) is 32.1 Å². The zero-order valence-corrected chi connectivity index (χ0v) is 10.0. The van der Waals surface area contributed by atoms with Crippen LogP contribution in [0, 0.1) is 0 Å². The molecule has 70 valence electrons. The molecular weight excluding hydrogens is 162 g/mol. The van der Waals surface area contributed by atoms with Gasteiger partial charge in [-0.15, -0.1) is 13.2 Å². The fourth-order valence-corrected chi connectivity index (χ4v) is 2.71. The van der Waals surface area contributed by atoms with Crippen molar-refractivity contribution in [1.82, 2.24) is 4.57 Å². The molecule has 0 aromatic heterocycles. The van der Waals surface area contributed by atoms with Crippen LogP contribution >= 0.6 is 0 Å². The van der Waals surface area contributed by atoms with E-state index < -0.39 is 8.24 Å². The molecule has 0 atom stereocenters. The second kappa shape index (κ2) is 3.58. The van der Waals surface area contributed by atoms with Gasteiger partial charge in [-0.3, -0.25) is 0 Å². The van der Waals surface area contributed by atoms with Crippen LogP contribution in [0.4, 0.5) is 0 Å². The van der Waals surface area contributed by atoms with Crippen LogP contribution in [0.15, 0.2) is 25.3 Å². The van der Waals surface area contributed by atoms with Crippen molar-refractivity contribution in [2.75, 3.05) is 7.05 Å². The first-order valence-electron chi connectivity index (χ1n) is 4.29. The highest BCUT2D eigenvalue weighted by Gasteiger charge is 2.31. The average Bonchev–Trinajstić information content (AvgIpc) is 2.00. The lowest BCUT2D eigenvalue weighted by molar-refractivity contribution is 0.365. The summed E-state index contributed by atoms with van der Waals surface area (Å²) in [5, 5.41) is 0. The lowest BCUT2D eigenvalue weighted by atomic mass is 10.0. The van der Waals surface area contributed by atoms with E-state index in [0.717, 1.165) is 0 Å². The van der Waals surface area contributed by atoms with Gasteiger partial charge in [0.25, 0.3) is 0 Å². The summed E-state index contributed by atoms with van der Waals surface area (Å²) in [5.74, 6) is 0. The van der Waals surface area contributed by atoms with Crippen LogP contribution in [0.2, 0.25) is 19.6 Å². The molecule has 0 unspecified atom stereocenters. The zero-order chi connectivity index (χ0) is 9.99. The average molecular weight is 183 g/mol. The molecule has 0 aliphatic carbocycles. The molecule has 0 N–H and O–H groups in total. The van der Waals surface area contributed by atoms with E-state index in [-0.39, 0.29) is 5.54 Å². The van der Waals surface area contributed by atoms with Gasteiger partial charge in [0.1, 0.15) is 8.24 Å². The van der Waals surface area contributed by atoms with Crippen LogP contribution in [-0.4, -0.2) is 25.4 Å². The van der Waals surface area contributed by atoms with Gasteiger partial charge in [-0.1, -0.05) is 31.8 Å². The summed E-state index contributed by atoms with van der Waals surface area (Å²) in [6, 6.07) is 0. The summed E-state index contributed by atoms with van der Waals surface area (Å²) in [6.45, 7) is 16.8. The van der Waals surface area contributed by atoms with E-state index in [1.807, 2.05) is 12.2 Å². The fraction of sp³-hybridized carbons (Fsp3) is 0.600. The Morgan fingerprint density at radius 3 is 1.58 bits per heavy atom. The zero-order valence-electron chi connectivity index (χ0n) is 9.02. The van der Waals surface area contributed by atoms with E-state index in [9.17, 15) is 0 Å². The molecule has 0 amide bonds. The van der Waals surface area contributed by atoms with Crippen LogP contribution in [0.1, 0.15) is 6.92 Å². The molecule has 0 aliphatic heterocycles. The Bertz CT molecular complexity index is 171. The molecule has 1 nitrogen and oxygen atoms in total. The van der Waals surface area contributed by atoms with E-state index in [0.29, 0.717) is 0 Å². The van der Waals surface area contributed by atoms with Gasteiger partial charge in [0.2, 0.25) is 0 Å². The van der Waals surface area contributed by atoms with Crippen LogP contribution in [-0.2, 0) is 0 Å². The fourth-order valence-electron chi connectivity index (χ4n) is 1.08. The maximum Gasteiger partial charge on any atom is 0.120 e. The molecule has 0 saturated heterocycles. The Kier molecular flexibility index (Phi) is 3.48. The van der Waals surface area contributed by atoms with E-state index in [2.05, 4.69) is 51.3 Å². The Hall–Kier alpha value is -0.343. The summed E-state index contributed by atoms with van der Waals surface area (Å²) in [5.41, 5.74) is -0.0511. The van der Waals surface area contributed by atoms with Gasteiger partial charge in [0.05, 0.1) is 0 Å². The first-order valence-corrected chi connectivity index (χ1v) is 7.74. The molecule has 0 aromatic rings. The summed E-state index contributed by atoms with van der Waals surface area (Å²) in [4.78, 5) is 0. The summed E-state index contributed by atoms with van der Waals surface area (Å²) >= 11 is 0. The molecule has 0 aliphatic rings. The number of hydrogen-bond donors (Lipinski definition) is 0. The second-order valence-electron chi connectivity index (χ2n) is 4.36. The van der Waals surface area contributed by atoms with Gasteiger partial charge in [-0.2, -0.15) is 0 Å². The van der Waals surface area contributed by atoms with Gasteiger partial charge in [-0.05, 0) is 14.0 Å². The highest BCUT2D eigenvalue weighted by molar-refractivity contribution is 6.73. The SMILES string of the molecule is C=CC(C)(C=C)N(C)[Si](C)(C)C. The molecule has 0 fully saturated rings. The Balaban J connectivity index is 4.76. The third-order valence-electron chi connectivity index (χ3n) is 2.56. The normalized spacial score (nSPS) is 13.2. The van der Waals surface area contributed by atoms with Crippen molar-refractivity contribution in [3.05, 3.63) is 25.3 Å². The molecule has 2 heteroatoms. The third kappa shape index (κ3) is 2.32. The summed E-state index contributed by atoms with van der Waals surface area (Å²) < 4.78 is 2.39. The molecule has 0 spiro atoms. The first-order chi connectivity index (χ1) is 5.28. The lowest BCUT2D eigenvalue weighted by Crippen LogP contribution is -2.54. The van der Waals surface area contributed by atoms with Crippen LogP contribution in [0.3, 0.4) is 0 Å². The molecular formula is C10H21NSi. The quantitative estimate of drug-likeness (QED) is 0.478. The van der Waals surface area contributed by atoms with Crippen molar-refractivity contribution in [3.63, 3.8) is 0 Å². The van der Waals surface area contributed by atoms with E-state index >= 15 is 0 Å². The number of likely N-dealkylation sites (N-methyl/N-ethyl adjacent to an activating group) is 1. The molecule has 0 rings (SSSR count). The highest BCUT2D eigenvalue weighted by atomic mass is 28.3. The maximum atomic E-state index is 3.85. The summed E-state index contributed by atoms with van der Waals surface area (Å²) in [7, 11) is 0.901. The van der Waals surface area contributed by atoms with Gasteiger partial charge in [0.15, 0.2) is 0 Å². The minimum Gasteiger partial charge on any atom is -0.315 e. The Labute approximate surface area is 77.9 Å². The molecule has 0 bridgehead atoms. The van der Waals surface area contributed by atoms with Gasteiger partial charge < -0.3 is 4.57 Å².